The number of hydrogen-bond acceptors (Lipinski definition) is 7. The zero-order chi connectivity index (χ0) is 29.5. The van der Waals surface area contributed by atoms with E-state index in [1.807, 2.05) is 61.5 Å². The quantitative estimate of drug-likeness (QED) is 0.349. The number of rotatable bonds is 11. The van der Waals surface area contributed by atoms with E-state index in [-0.39, 0.29) is 31.8 Å². The molecule has 2 aliphatic rings. The van der Waals surface area contributed by atoms with Crippen LogP contribution in [0, 0.1) is 6.92 Å². The molecule has 0 saturated carbocycles. The van der Waals surface area contributed by atoms with Gasteiger partial charge in [0.25, 0.3) is 0 Å². The zero-order valence-corrected chi connectivity index (χ0v) is 24.6. The van der Waals surface area contributed by atoms with E-state index in [1.54, 1.807) is 9.80 Å². The van der Waals surface area contributed by atoms with Gasteiger partial charge in [0.2, 0.25) is 12.7 Å². The van der Waals surface area contributed by atoms with Crippen molar-refractivity contribution in [3.63, 3.8) is 0 Å². The van der Waals surface area contributed by atoms with Gasteiger partial charge in [0.1, 0.15) is 18.1 Å². The monoisotopic (exact) mass is 576 g/mol. The van der Waals surface area contributed by atoms with Crippen molar-refractivity contribution >= 4 is 17.6 Å². The van der Waals surface area contributed by atoms with Crippen LogP contribution in [0.15, 0.2) is 59.0 Å². The van der Waals surface area contributed by atoms with E-state index in [4.69, 9.17) is 18.6 Å². The number of nitrogens with zero attached hydrogens (tertiary/aromatic N) is 3. The molecule has 10 heteroatoms. The largest absolute Gasteiger partial charge is 0.464 e. The summed E-state index contributed by atoms with van der Waals surface area (Å²) in [6, 6.07) is 16.9. The van der Waals surface area contributed by atoms with Crippen LogP contribution < -0.4 is 14.8 Å². The molecule has 1 saturated heterocycles. The average molecular weight is 577 g/mol. The smallest absolute Gasteiger partial charge is 0.322 e. The highest BCUT2D eigenvalue weighted by molar-refractivity contribution is 5.92. The Labute approximate surface area is 247 Å². The summed E-state index contributed by atoms with van der Waals surface area (Å²) in [5, 5.41) is 3.00. The number of benzene rings is 2. The number of anilines is 1. The van der Waals surface area contributed by atoms with Crippen LogP contribution >= 0.6 is 0 Å². The third kappa shape index (κ3) is 7.83. The summed E-state index contributed by atoms with van der Waals surface area (Å²) in [5.74, 6) is 3.00. The number of hydrogen-bond donors (Lipinski definition) is 1. The summed E-state index contributed by atoms with van der Waals surface area (Å²) in [4.78, 5) is 33.0. The first-order chi connectivity index (χ1) is 20.3. The Bertz CT molecular complexity index is 1350. The van der Waals surface area contributed by atoms with Crippen LogP contribution in [0.2, 0.25) is 0 Å². The molecule has 3 amide bonds. The fourth-order valence-corrected chi connectivity index (χ4v) is 5.01. The Balaban J connectivity index is 1.32. The molecule has 1 N–H and O–H groups in total. The van der Waals surface area contributed by atoms with Gasteiger partial charge in [0.05, 0.1) is 19.8 Å². The van der Waals surface area contributed by atoms with Crippen LogP contribution in [0.4, 0.5) is 10.5 Å². The lowest BCUT2D eigenvalue weighted by Crippen LogP contribution is -2.48. The predicted octanol–water partition coefficient (Wildman–Crippen LogP) is 4.84. The Morgan fingerprint density at radius 3 is 2.40 bits per heavy atom. The number of furan rings is 1. The fraction of sp³-hybridized carbons (Fsp3) is 0.438. The van der Waals surface area contributed by atoms with Gasteiger partial charge in [0, 0.05) is 38.4 Å². The number of aryl methyl sites for hydroxylation is 1. The first kappa shape index (κ1) is 29.5. The molecule has 5 rings (SSSR count). The molecule has 0 spiro atoms. The number of fused-ring (bicyclic) bond motifs is 1. The van der Waals surface area contributed by atoms with Crippen molar-refractivity contribution in [2.24, 2.45) is 0 Å². The van der Waals surface area contributed by atoms with E-state index >= 15 is 0 Å². The van der Waals surface area contributed by atoms with Gasteiger partial charge in [-0.3, -0.25) is 9.69 Å². The standard InChI is InChI=1S/C32H40N4O6/c1-23(2)26-6-8-27(9-7-26)33-32(38)35(13-12-34-14-16-39-17-15-34)21-31(37)36(20-28-10-4-24(3)42-28)19-25-5-11-29-30(18-25)41-22-40-29/h4-11,18,23H,12-17,19-22H2,1-3H3,(H,33,38). The third-order valence-corrected chi connectivity index (χ3v) is 7.54. The van der Waals surface area contributed by atoms with Crippen molar-refractivity contribution < 1.29 is 28.2 Å². The average Bonchev–Trinajstić information content (AvgIpc) is 3.63. The van der Waals surface area contributed by atoms with Gasteiger partial charge in [-0.25, -0.2) is 4.79 Å². The molecule has 3 aromatic rings. The van der Waals surface area contributed by atoms with E-state index in [0.29, 0.717) is 61.7 Å². The molecule has 224 valence electrons. The number of amides is 3. The highest BCUT2D eigenvalue weighted by atomic mass is 16.7. The highest BCUT2D eigenvalue weighted by Gasteiger charge is 2.25. The van der Waals surface area contributed by atoms with E-state index in [1.165, 1.54) is 5.56 Å². The number of ether oxygens (including phenoxy) is 3. The molecule has 2 aliphatic heterocycles. The second-order valence-corrected chi connectivity index (χ2v) is 11.0. The lowest BCUT2D eigenvalue weighted by molar-refractivity contribution is -0.133. The highest BCUT2D eigenvalue weighted by Crippen LogP contribution is 2.33. The van der Waals surface area contributed by atoms with Crippen LogP contribution in [0.1, 0.15) is 42.4 Å². The third-order valence-electron chi connectivity index (χ3n) is 7.54. The molecule has 0 aliphatic carbocycles. The van der Waals surface area contributed by atoms with Crippen molar-refractivity contribution in [2.75, 3.05) is 58.0 Å². The van der Waals surface area contributed by atoms with Crippen LogP contribution in [0.25, 0.3) is 0 Å². The fourth-order valence-electron chi connectivity index (χ4n) is 5.01. The Hall–Kier alpha value is -4.02. The molecule has 0 radical (unpaired) electrons. The van der Waals surface area contributed by atoms with E-state index in [9.17, 15) is 9.59 Å². The number of carbonyl (C=O) groups is 2. The molecular weight excluding hydrogens is 536 g/mol. The number of carbonyl (C=O) groups excluding carboxylic acids is 2. The Morgan fingerprint density at radius 2 is 1.69 bits per heavy atom. The van der Waals surface area contributed by atoms with Crippen molar-refractivity contribution in [1.29, 1.82) is 0 Å². The number of urea groups is 1. The summed E-state index contributed by atoms with van der Waals surface area (Å²) in [6.45, 7) is 10.8. The van der Waals surface area contributed by atoms with Crippen LogP contribution in [0.5, 0.6) is 11.5 Å². The molecule has 1 fully saturated rings. The molecule has 0 unspecified atom stereocenters. The lowest BCUT2D eigenvalue weighted by Gasteiger charge is -2.31. The lowest BCUT2D eigenvalue weighted by atomic mass is 10.0. The van der Waals surface area contributed by atoms with E-state index in [0.717, 1.165) is 24.4 Å². The van der Waals surface area contributed by atoms with Crippen molar-refractivity contribution in [3.8, 4) is 11.5 Å². The van der Waals surface area contributed by atoms with Crippen molar-refractivity contribution in [3.05, 3.63) is 77.2 Å². The minimum atomic E-state index is -0.314. The second-order valence-electron chi connectivity index (χ2n) is 11.0. The van der Waals surface area contributed by atoms with Gasteiger partial charge in [-0.1, -0.05) is 32.0 Å². The molecule has 42 heavy (non-hydrogen) atoms. The van der Waals surface area contributed by atoms with E-state index in [2.05, 4.69) is 24.1 Å². The Kier molecular flexibility index (Phi) is 9.66. The van der Waals surface area contributed by atoms with Gasteiger partial charge in [-0.2, -0.15) is 0 Å². The summed E-state index contributed by atoms with van der Waals surface area (Å²) in [6.07, 6.45) is 0. The van der Waals surface area contributed by atoms with Gasteiger partial charge < -0.3 is 33.7 Å². The molecule has 2 aromatic carbocycles. The predicted molar refractivity (Wildman–Crippen MR) is 159 cm³/mol. The normalized spacial score (nSPS) is 14.7. The first-order valence-corrected chi connectivity index (χ1v) is 14.5. The molecule has 3 heterocycles. The summed E-state index contributed by atoms with van der Waals surface area (Å²) in [5.41, 5.74) is 2.78. The molecule has 0 atom stereocenters. The van der Waals surface area contributed by atoms with Gasteiger partial charge >= 0.3 is 6.03 Å². The van der Waals surface area contributed by atoms with Crippen molar-refractivity contribution in [1.82, 2.24) is 14.7 Å². The van der Waals surface area contributed by atoms with Crippen LogP contribution in [-0.2, 0) is 22.6 Å². The summed E-state index contributed by atoms with van der Waals surface area (Å²) < 4.78 is 22.3. The number of nitrogens with one attached hydrogen (secondary N) is 1. The molecule has 0 bridgehead atoms. The van der Waals surface area contributed by atoms with Gasteiger partial charge in [0.15, 0.2) is 11.5 Å². The van der Waals surface area contributed by atoms with Crippen LogP contribution in [-0.4, -0.2) is 79.4 Å². The maximum Gasteiger partial charge on any atom is 0.322 e. The van der Waals surface area contributed by atoms with E-state index < -0.39 is 0 Å². The second kappa shape index (κ2) is 13.8. The Morgan fingerprint density at radius 1 is 0.929 bits per heavy atom. The minimum absolute atomic E-state index is 0.0789. The molecular formula is C32H40N4O6. The first-order valence-electron chi connectivity index (χ1n) is 14.5. The SMILES string of the molecule is Cc1ccc(CN(Cc2ccc3c(c2)OCO3)C(=O)CN(CCN2CCOCC2)C(=O)Nc2ccc(C(C)C)cc2)o1. The van der Waals surface area contributed by atoms with Gasteiger partial charge in [-0.05, 0) is 60.4 Å². The topological polar surface area (TPSA) is 96.7 Å². The number of morpholine rings is 1. The maximum atomic E-state index is 13.9. The molecule has 1 aromatic heterocycles. The minimum Gasteiger partial charge on any atom is -0.464 e. The molecule has 10 nitrogen and oxygen atoms in total. The van der Waals surface area contributed by atoms with Crippen LogP contribution in [0.3, 0.4) is 0 Å². The summed E-state index contributed by atoms with van der Waals surface area (Å²) >= 11 is 0. The summed E-state index contributed by atoms with van der Waals surface area (Å²) in [7, 11) is 0. The maximum absolute atomic E-state index is 13.9. The zero-order valence-electron chi connectivity index (χ0n) is 24.6. The van der Waals surface area contributed by atoms with Crippen molar-refractivity contribution in [2.45, 2.75) is 39.8 Å². The van der Waals surface area contributed by atoms with Gasteiger partial charge in [-0.15, -0.1) is 0 Å².